The van der Waals surface area contributed by atoms with Gasteiger partial charge in [0.05, 0.1) is 21.3 Å². The van der Waals surface area contributed by atoms with Crippen LogP contribution >= 0.6 is 22.9 Å². The molecule has 3 amide bonds. The van der Waals surface area contributed by atoms with E-state index in [0.717, 1.165) is 15.1 Å². The number of halogens is 1. The predicted octanol–water partition coefficient (Wildman–Crippen LogP) is 3.43. The molecule has 0 saturated heterocycles. The molecule has 0 fully saturated rings. The van der Waals surface area contributed by atoms with Gasteiger partial charge in [-0.2, -0.15) is 0 Å². The average Bonchev–Trinajstić information content (AvgIpc) is 3.08. The highest BCUT2D eigenvalue weighted by Gasteiger charge is 2.33. The van der Waals surface area contributed by atoms with Crippen LogP contribution in [0.4, 0.5) is 5.13 Å². The molecule has 6 nitrogen and oxygen atoms in total. The number of imide groups is 1. The number of nitrogens with zero attached hydrogens (tertiary/aromatic N) is 2. The summed E-state index contributed by atoms with van der Waals surface area (Å²) < 4.78 is 0.860. The number of amides is 3. The second-order valence-electron chi connectivity index (χ2n) is 5.51. The molecule has 0 atom stereocenters. The minimum Gasteiger partial charge on any atom is -0.298 e. The summed E-state index contributed by atoms with van der Waals surface area (Å²) in [6, 6.07) is 9.72. The fraction of sp³-hybridized carbons (Fsp3) is 0.0588. The molecule has 0 bridgehead atoms. The van der Waals surface area contributed by atoms with Gasteiger partial charge in [-0.1, -0.05) is 22.9 Å². The summed E-state index contributed by atoms with van der Waals surface area (Å²) in [4.78, 5) is 41.7. The van der Waals surface area contributed by atoms with Crippen molar-refractivity contribution >= 4 is 56.0 Å². The first-order valence-electron chi connectivity index (χ1n) is 7.28. The van der Waals surface area contributed by atoms with Gasteiger partial charge in [-0.05, 0) is 36.4 Å². The van der Waals surface area contributed by atoms with Gasteiger partial charge in [-0.3, -0.25) is 24.6 Å². The molecule has 0 aliphatic carbocycles. The number of hydrogen-bond donors (Lipinski definition) is 1. The summed E-state index contributed by atoms with van der Waals surface area (Å²) in [5, 5.41) is 3.74. The first-order chi connectivity index (χ1) is 11.9. The summed E-state index contributed by atoms with van der Waals surface area (Å²) in [5.41, 5.74) is 1.56. The van der Waals surface area contributed by atoms with E-state index < -0.39 is 11.8 Å². The maximum Gasteiger partial charge on any atom is 0.261 e. The van der Waals surface area contributed by atoms with Crippen molar-refractivity contribution in [2.45, 2.75) is 0 Å². The molecule has 124 valence electrons. The molecule has 1 N–H and O–H groups in total. The number of rotatable bonds is 2. The Kier molecular flexibility index (Phi) is 3.55. The number of thiazole rings is 1. The highest BCUT2D eigenvalue weighted by molar-refractivity contribution is 7.22. The van der Waals surface area contributed by atoms with Gasteiger partial charge in [0.1, 0.15) is 0 Å². The van der Waals surface area contributed by atoms with Crippen molar-refractivity contribution in [1.29, 1.82) is 0 Å². The van der Waals surface area contributed by atoms with E-state index in [1.54, 1.807) is 18.2 Å². The third-order valence-electron chi connectivity index (χ3n) is 3.92. The molecule has 0 unspecified atom stereocenters. The van der Waals surface area contributed by atoms with E-state index in [1.165, 1.54) is 36.6 Å². The Morgan fingerprint density at radius 1 is 1.12 bits per heavy atom. The summed E-state index contributed by atoms with van der Waals surface area (Å²) in [5.74, 6) is -1.18. The molecule has 4 rings (SSSR count). The summed E-state index contributed by atoms with van der Waals surface area (Å²) in [6.07, 6.45) is 0. The van der Waals surface area contributed by atoms with E-state index in [4.69, 9.17) is 11.6 Å². The van der Waals surface area contributed by atoms with Gasteiger partial charge in [0.15, 0.2) is 5.13 Å². The molecule has 0 radical (unpaired) electrons. The van der Waals surface area contributed by atoms with Crippen molar-refractivity contribution in [1.82, 2.24) is 9.88 Å². The fourth-order valence-corrected chi connectivity index (χ4v) is 3.76. The molecule has 0 spiro atoms. The first kappa shape index (κ1) is 15.7. The molecule has 1 aliphatic heterocycles. The SMILES string of the molecule is CN1C(=O)c2ccc(C(=O)Nc3nc4ccc(Cl)cc4s3)cc2C1=O. The Morgan fingerprint density at radius 3 is 2.68 bits per heavy atom. The Hall–Kier alpha value is -2.77. The van der Waals surface area contributed by atoms with E-state index in [9.17, 15) is 14.4 Å². The highest BCUT2D eigenvalue weighted by Crippen LogP contribution is 2.29. The Morgan fingerprint density at radius 2 is 1.88 bits per heavy atom. The van der Waals surface area contributed by atoms with Gasteiger partial charge >= 0.3 is 0 Å². The zero-order valence-electron chi connectivity index (χ0n) is 12.9. The van der Waals surface area contributed by atoms with Gasteiger partial charge in [-0.25, -0.2) is 4.98 Å². The van der Waals surface area contributed by atoms with Gasteiger partial charge in [0.25, 0.3) is 17.7 Å². The Labute approximate surface area is 151 Å². The van der Waals surface area contributed by atoms with Gasteiger partial charge < -0.3 is 0 Å². The molecule has 1 aliphatic rings. The largest absolute Gasteiger partial charge is 0.298 e. The van der Waals surface area contributed by atoms with Crippen molar-refractivity contribution in [2.75, 3.05) is 12.4 Å². The Balaban J connectivity index is 1.63. The lowest BCUT2D eigenvalue weighted by Gasteiger charge is -2.03. The van der Waals surface area contributed by atoms with Crippen LogP contribution in [-0.4, -0.2) is 34.7 Å². The van der Waals surface area contributed by atoms with Gasteiger partial charge in [-0.15, -0.1) is 0 Å². The van der Waals surface area contributed by atoms with Crippen LogP contribution in [-0.2, 0) is 0 Å². The molecule has 8 heteroatoms. The van der Waals surface area contributed by atoms with Crippen LogP contribution in [0, 0.1) is 0 Å². The van der Waals surface area contributed by atoms with Crippen LogP contribution in [0.2, 0.25) is 5.02 Å². The summed E-state index contributed by atoms with van der Waals surface area (Å²) in [6.45, 7) is 0. The molecule has 2 aromatic carbocycles. The van der Waals surface area contributed by atoms with Crippen LogP contribution < -0.4 is 5.32 Å². The lowest BCUT2D eigenvalue weighted by atomic mass is 10.1. The predicted molar refractivity (Wildman–Crippen MR) is 95.4 cm³/mol. The highest BCUT2D eigenvalue weighted by atomic mass is 35.5. The quantitative estimate of drug-likeness (QED) is 0.700. The van der Waals surface area contributed by atoms with E-state index in [2.05, 4.69) is 10.3 Å². The molecular weight excluding hydrogens is 362 g/mol. The van der Waals surface area contributed by atoms with Crippen LogP contribution in [0.1, 0.15) is 31.1 Å². The van der Waals surface area contributed by atoms with E-state index in [1.807, 2.05) is 0 Å². The molecule has 25 heavy (non-hydrogen) atoms. The average molecular weight is 372 g/mol. The van der Waals surface area contributed by atoms with E-state index in [0.29, 0.717) is 15.7 Å². The number of carbonyl (C=O) groups is 3. The van der Waals surface area contributed by atoms with Crippen LogP contribution in [0.15, 0.2) is 36.4 Å². The summed E-state index contributed by atoms with van der Waals surface area (Å²) >= 11 is 7.25. The van der Waals surface area contributed by atoms with Crippen LogP contribution in [0.3, 0.4) is 0 Å². The van der Waals surface area contributed by atoms with Crippen LogP contribution in [0.5, 0.6) is 0 Å². The van der Waals surface area contributed by atoms with E-state index in [-0.39, 0.29) is 17.0 Å². The first-order valence-corrected chi connectivity index (χ1v) is 8.47. The van der Waals surface area contributed by atoms with Crippen molar-refractivity contribution in [3.05, 3.63) is 58.1 Å². The monoisotopic (exact) mass is 371 g/mol. The topological polar surface area (TPSA) is 79.4 Å². The smallest absolute Gasteiger partial charge is 0.261 e. The second-order valence-corrected chi connectivity index (χ2v) is 6.98. The zero-order chi connectivity index (χ0) is 17.7. The number of fused-ring (bicyclic) bond motifs is 2. The number of hydrogen-bond acceptors (Lipinski definition) is 5. The molecule has 0 saturated carbocycles. The van der Waals surface area contributed by atoms with Crippen molar-refractivity contribution < 1.29 is 14.4 Å². The third kappa shape index (κ3) is 2.57. The minimum atomic E-state index is -0.413. The number of nitrogens with one attached hydrogen (secondary N) is 1. The number of benzene rings is 2. The van der Waals surface area contributed by atoms with Gasteiger partial charge in [0.2, 0.25) is 0 Å². The minimum absolute atomic E-state index is 0.233. The fourth-order valence-electron chi connectivity index (χ4n) is 2.62. The second kappa shape index (κ2) is 5.65. The van der Waals surface area contributed by atoms with Crippen molar-refractivity contribution in [2.24, 2.45) is 0 Å². The molecular formula is C17H10ClN3O3S. The Bertz CT molecular complexity index is 1080. The zero-order valence-corrected chi connectivity index (χ0v) is 14.4. The number of aromatic nitrogens is 1. The van der Waals surface area contributed by atoms with Crippen LogP contribution in [0.25, 0.3) is 10.2 Å². The number of carbonyl (C=O) groups excluding carboxylic acids is 3. The standard InChI is InChI=1S/C17H10ClN3O3S/c1-21-15(23)10-4-2-8(6-11(10)16(21)24)14(22)20-17-19-12-5-3-9(18)7-13(12)25-17/h2-7H,1H3,(H,19,20,22). The molecule has 3 aromatic rings. The molecule has 1 aromatic heterocycles. The lowest BCUT2D eigenvalue weighted by Crippen LogP contribution is -2.24. The molecule has 2 heterocycles. The third-order valence-corrected chi connectivity index (χ3v) is 5.09. The summed E-state index contributed by atoms with van der Waals surface area (Å²) in [7, 11) is 1.41. The van der Waals surface area contributed by atoms with Crippen molar-refractivity contribution in [3.8, 4) is 0 Å². The van der Waals surface area contributed by atoms with E-state index >= 15 is 0 Å². The normalized spacial score (nSPS) is 13.4. The van der Waals surface area contributed by atoms with Crippen molar-refractivity contribution in [3.63, 3.8) is 0 Å². The van der Waals surface area contributed by atoms with Gasteiger partial charge in [0, 0.05) is 17.6 Å². The number of anilines is 1. The lowest BCUT2D eigenvalue weighted by molar-refractivity contribution is 0.0693. The maximum atomic E-state index is 12.4. The maximum absolute atomic E-state index is 12.4.